The second kappa shape index (κ2) is 7.80. The van der Waals surface area contributed by atoms with Gasteiger partial charge in [0.15, 0.2) is 0 Å². The number of benzene rings is 1. The summed E-state index contributed by atoms with van der Waals surface area (Å²) in [5.41, 5.74) is 1.89. The van der Waals surface area contributed by atoms with Crippen molar-refractivity contribution in [1.29, 1.82) is 0 Å². The third-order valence-corrected chi connectivity index (χ3v) is 5.42. The molecule has 2 fully saturated rings. The monoisotopic (exact) mass is 386 g/mol. The van der Waals surface area contributed by atoms with Gasteiger partial charge in [-0.2, -0.15) is 0 Å². The number of amides is 1. The van der Waals surface area contributed by atoms with Gasteiger partial charge in [-0.3, -0.25) is 4.79 Å². The van der Waals surface area contributed by atoms with Gasteiger partial charge in [0, 0.05) is 29.2 Å². The van der Waals surface area contributed by atoms with Crippen molar-refractivity contribution in [2.45, 2.75) is 38.6 Å². The second-order valence-electron chi connectivity index (χ2n) is 6.29. The van der Waals surface area contributed by atoms with E-state index in [4.69, 9.17) is 0 Å². The van der Waals surface area contributed by atoms with Crippen molar-refractivity contribution in [3.63, 3.8) is 0 Å². The summed E-state index contributed by atoms with van der Waals surface area (Å²) in [5.74, 6) is 0.937. The lowest BCUT2D eigenvalue weighted by Gasteiger charge is -2.35. The second-order valence-corrected chi connectivity index (χ2v) is 7.21. The van der Waals surface area contributed by atoms with Crippen molar-refractivity contribution < 1.29 is 4.79 Å². The van der Waals surface area contributed by atoms with E-state index in [2.05, 4.69) is 21.2 Å². The number of hydrogen-bond donors (Lipinski definition) is 1. The number of piperidine rings is 1. The van der Waals surface area contributed by atoms with Gasteiger partial charge in [0.2, 0.25) is 0 Å². The highest BCUT2D eigenvalue weighted by molar-refractivity contribution is 9.10. The highest BCUT2D eigenvalue weighted by Gasteiger charge is 2.30. The fourth-order valence-corrected chi connectivity index (χ4v) is 3.97. The summed E-state index contributed by atoms with van der Waals surface area (Å²) in [4.78, 5) is 14.7. The standard InChI is InChI=1S/C17H23BrN2O.ClH/c1-12-4-5-14(18)11-15(12)17(21)20-9-6-13(7-10-20)16-3-2-8-19-16;/h4-5,11,13,16,19H,2-3,6-10H2,1H3;1H. The number of carbonyl (C=O) groups excluding carboxylic acids is 1. The molecule has 1 atom stereocenters. The van der Waals surface area contributed by atoms with E-state index in [1.165, 1.54) is 19.4 Å². The highest BCUT2D eigenvalue weighted by atomic mass is 79.9. The molecule has 1 aromatic carbocycles. The van der Waals surface area contributed by atoms with E-state index in [-0.39, 0.29) is 18.3 Å². The van der Waals surface area contributed by atoms with E-state index in [1.54, 1.807) is 0 Å². The lowest BCUT2D eigenvalue weighted by molar-refractivity contribution is 0.0673. The largest absolute Gasteiger partial charge is 0.339 e. The first kappa shape index (κ1) is 17.8. The first-order valence-electron chi connectivity index (χ1n) is 7.94. The van der Waals surface area contributed by atoms with Gasteiger partial charge in [0.25, 0.3) is 5.91 Å². The fourth-order valence-electron chi connectivity index (χ4n) is 3.61. The average molecular weight is 388 g/mol. The molecule has 1 unspecified atom stereocenters. The van der Waals surface area contributed by atoms with Gasteiger partial charge in [-0.05, 0) is 62.8 Å². The van der Waals surface area contributed by atoms with Gasteiger partial charge in [0.05, 0.1) is 0 Å². The van der Waals surface area contributed by atoms with Crippen molar-refractivity contribution in [2.75, 3.05) is 19.6 Å². The molecule has 122 valence electrons. The molecular weight excluding hydrogens is 364 g/mol. The van der Waals surface area contributed by atoms with Crippen molar-refractivity contribution in [3.8, 4) is 0 Å². The summed E-state index contributed by atoms with van der Waals surface area (Å²) in [6, 6.07) is 6.63. The van der Waals surface area contributed by atoms with Crippen LogP contribution in [0.2, 0.25) is 0 Å². The molecule has 2 aliphatic rings. The molecule has 5 heteroatoms. The molecule has 2 aliphatic heterocycles. The molecular formula is C17H24BrClN2O. The van der Waals surface area contributed by atoms with E-state index in [1.807, 2.05) is 30.0 Å². The van der Waals surface area contributed by atoms with Crippen LogP contribution in [0.25, 0.3) is 0 Å². The Morgan fingerprint density at radius 2 is 2.00 bits per heavy atom. The van der Waals surface area contributed by atoms with E-state index < -0.39 is 0 Å². The van der Waals surface area contributed by atoms with Crippen LogP contribution in [0.3, 0.4) is 0 Å². The summed E-state index contributed by atoms with van der Waals surface area (Å²) in [7, 11) is 0. The minimum atomic E-state index is 0. The molecule has 3 nitrogen and oxygen atoms in total. The third-order valence-electron chi connectivity index (χ3n) is 4.92. The van der Waals surface area contributed by atoms with Crippen LogP contribution < -0.4 is 5.32 Å². The quantitative estimate of drug-likeness (QED) is 0.837. The lowest BCUT2D eigenvalue weighted by atomic mass is 9.88. The Morgan fingerprint density at radius 3 is 2.64 bits per heavy atom. The maximum absolute atomic E-state index is 12.7. The van der Waals surface area contributed by atoms with Crippen LogP contribution in [0.15, 0.2) is 22.7 Å². The van der Waals surface area contributed by atoms with Crippen LogP contribution in [-0.2, 0) is 0 Å². The summed E-state index contributed by atoms with van der Waals surface area (Å²) < 4.78 is 0.974. The Labute approximate surface area is 147 Å². The molecule has 1 aromatic rings. The molecule has 2 saturated heterocycles. The molecule has 0 aromatic heterocycles. The minimum Gasteiger partial charge on any atom is -0.339 e. The van der Waals surface area contributed by atoms with Crippen molar-refractivity contribution in [3.05, 3.63) is 33.8 Å². The Bertz CT molecular complexity index is 523. The first-order valence-corrected chi connectivity index (χ1v) is 8.73. The van der Waals surface area contributed by atoms with Crippen LogP contribution in [0.5, 0.6) is 0 Å². The van der Waals surface area contributed by atoms with Crippen molar-refractivity contribution >= 4 is 34.2 Å². The highest BCUT2D eigenvalue weighted by Crippen LogP contribution is 2.27. The normalized spacial score (nSPS) is 22.5. The number of aryl methyl sites for hydroxylation is 1. The van der Waals surface area contributed by atoms with Crippen LogP contribution >= 0.6 is 28.3 Å². The molecule has 0 radical (unpaired) electrons. The Hall–Kier alpha value is -0.580. The molecule has 22 heavy (non-hydrogen) atoms. The number of halogens is 2. The zero-order valence-electron chi connectivity index (χ0n) is 13.0. The van der Waals surface area contributed by atoms with E-state index in [9.17, 15) is 4.79 Å². The molecule has 3 rings (SSSR count). The van der Waals surface area contributed by atoms with Gasteiger partial charge < -0.3 is 10.2 Å². The number of hydrogen-bond acceptors (Lipinski definition) is 2. The number of nitrogens with zero attached hydrogens (tertiary/aromatic N) is 1. The SMILES string of the molecule is Cc1ccc(Br)cc1C(=O)N1CCC(C2CCCN2)CC1.Cl. The predicted octanol–water partition coefficient (Wildman–Crippen LogP) is 3.78. The van der Waals surface area contributed by atoms with Gasteiger partial charge in [-0.25, -0.2) is 0 Å². The number of carbonyl (C=O) groups is 1. The Kier molecular flexibility index (Phi) is 6.30. The van der Waals surface area contributed by atoms with E-state index in [0.717, 1.165) is 47.4 Å². The summed E-state index contributed by atoms with van der Waals surface area (Å²) >= 11 is 3.46. The van der Waals surface area contributed by atoms with Gasteiger partial charge >= 0.3 is 0 Å². The molecule has 0 bridgehead atoms. The van der Waals surface area contributed by atoms with Crippen LogP contribution in [0.1, 0.15) is 41.6 Å². The first-order chi connectivity index (χ1) is 10.1. The fraction of sp³-hybridized carbons (Fsp3) is 0.588. The molecule has 1 amide bonds. The summed E-state index contributed by atoms with van der Waals surface area (Å²) in [6.45, 7) is 4.97. The average Bonchev–Trinajstić information content (AvgIpc) is 3.03. The Balaban J connectivity index is 0.00000176. The Morgan fingerprint density at radius 1 is 1.27 bits per heavy atom. The number of likely N-dealkylation sites (tertiary alicyclic amines) is 1. The lowest BCUT2D eigenvalue weighted by Crippen LogP contribution is -2.43. The maximum Gasteiger partial charge on any atom is 0.254 e. The van der Waals surface area contributed by atoms with Crippen LogP contribution in [0, 0.1) is 12.8 Å². The number of rotatable bonds is 2. The number of nitrogens with one attached hydrogen (secondary N) is 1. The molecule has 0 spiro atoms. The minimum absolute atomic E-state index is 0. The van der Waals surface area contributed by atoms with E-state index >= 15 is 0 Å². The topological polar surface area (TPSA) is 32.3 Å². The smallest absolute Gasteiger partial charge is 0.254 e. The predicted molar refractivity (Wildman–Crippen MR) is 95.8 cm³/mol. The van der Waals surface area contributed by atoms with Gasteiger partial charge in [-0.15, -0.1) is 12.4 Å². The van der Waals surface area contributed by atoms with E-state index in [0.29, 0.717) is 6.04 Å². The molecule has 0 aliphatic carbocycles. The van der Waals surface area contributed by atoms with Crippen LogP contribution in [-0.4, -0.2) is 36.5 Å². The third kappa shape index (κ3) is 3.84. The van der Waals surface area contributed by atoms with Crippen molar-refractivity contribution in [1.82, 2.24) is 10.2 Å². The molecule has 2 heterocycles. The summed E-state index contributed by atoms with van der Waals surface area (Å²) in [5, 5.41) is 3.61. The van der Waals surface area contributed by atoms with Crippen LogP contribution in [0.4, 0.5) is 0 Å². The zero-order chi connectivity index (χ0) is 14.8. The maximum atomic E-state index is 12.7. The van der Waals surface area contributed by atoms with Gasteiger partial charge in [-0.1, -0.05) is 22.0 Å². The zero-order valence-corrected chi connectivity index (χ0v) is 15.4. The molecule has 1 N–H and O–H groups in total. The van der Waals surface area contributed by atoms with Gasteiger partial charge in [0.1, 0.15) is 0 Å². The summed E-state index contributed by atoms with van der Waals surface area (Å²) in [6.07, 6.45) is 4.89. The molecule has 0 saturated carbocycles. The van der Waals surface area contributed by atoms with Crippen molar-refractivity contribution in [2.24, 2.45) is 5.92 Å².